The summed E-state index contributed by atoms with van der Waals surface area (Å²) in [6.07, 6.45) is 5.72. The maximum absolute atomic E-state index is 14.5. The number of amides is 8. The monoisotopic (exact) mass is 1080 g/mol. The molecule has 0 aliphatic carbocycles. The van der Waals surface area contributed by atoms with Crippen LogP contribution in [0, 0.1) is 35.5 Å². The highest BCUT2D eigenvalue weighted by atomic mass is 16.2. The summed E-state index contributed by atoms with van der Waals surface area (Å²) in [5.74, 6) is -6.76. The topological polar surface area (TPSA) is 285 Å². The number of rotatable bonds is 16. The molecule has 0 saturated heterocycles. The van der Waals surface area contributed by atoms with Gasteiger partial charge in [0.2, 0.25) is 47.3 Å². The van der Waals surface area contributed by atoms with Gasteiger partial charge in [0.05, 0.1) is 23.9 Å². The summed E-state index contributed by atoms with van der Waals surface area (Å²) in [7, 11) is 0. The second kappa shape index (κ2) is 33.1. The normalized spacial score (nSPS) is 27.0. The molecule has 432 valence electrons. The van der Waals surface area contributed by atoms with E-state index >= 15 is 0 Å². The standard InChI is InChI=1S/C60H94N10O8/c1-35(2)29-49-57(75)65-47(33-43-21-15-13-16-22-43)39(9)31-41(11)53(71)70-52(38(7)8)60(78)64-46(26-20-28-62)56(74)68-50(30-36(3)4)58(76)66-48(34-44-23-17-14-18-24-44)40(10)32-42(12)54(72)69-51(37(5)6)59(77)63-45(25-19-27-61)55(73)67-49/h13-18,21-24,31-32,35-38,41-42,45-52H,19-20,25-30,33-34,61-62H2,1-12H3,(H,63,77)(H,64,78)(H,65,75)(H,66,76)(H,67,73)(H,68,74)(H,69,72)(H,70,71)/b39-31+,40-32+/t41-,42-,45+,46+,47?,48?,49?,50?,51?,52?/m1/s1. The first kappa shape index (κ1) is 65.9. The Kier molecular flexibility index (Phi) is 28.0. The Labute approximate surface area is 464 Å². The van der Waals surface area contributed by atoms with Crippen LogP contribution in [-0.4, -0.2) is 109 Å². The van der Waals surface area contributed by atoms with E-state index in [0.717, 1.165) is 11.1 Å². The Bertz CT molecular complexity index is 2180. The second-order valence-electron chi connectivity index (χ2n) is 22.7. The van der Waals surface area contributed by atoms with E-state index in [-0.39, 0.29) is 50.6 Å². The van der Waals surface area contributed by atoms with Gasteiger partial charge in [0.15, 0.2) is 0 Å². The first-order chi connectivity index (χ1) is 36.8. The number of carbonyl (C=O) groups is 8. The molecule has 0 fully saturated rings. The molecule has 0 bridgehead atoms. The second-order valence-corrected chi connectivity index (χ2v) is 22.7. The van der Waals surface area contributed by atoms with Gasteiger partial charge in [0, 0.05) is 0 Å². The number of nitrogens with one attached hydrogen (secondary N) is 8. The van der Waals surface area contributed by atoms with E-state index in [1.165, 1.54) is 0 Å². The lowest BCUT2D eigenvalue weighted by molar-refractivity contribution is -0.135. The quantitative estimate of drug-likeness (QED) is 0.106. The molecule has 6 unspecified atom stereocenters. The summed E-state index contributed by atoms with van der Waals surface area (Å²) in [6, 6.07) is 11.3. The molecule has 0 saturated carbocycles. The van der Waals surface area contributed by atoms with Gasteiger partial charge in [0.1, 0.15) is 36.3 Å². The highest BCUT2D eigenvalue weighted by Crippen LogP contribution is 2.19. The zero-order valence-corrected chi connectivity index (χ0v) is 48.5. The highest BCUT2D eigenvalue weighted by Gasteiger charge is 2.35. The van der Waals surface area contributed by atoms with Crippen molar-refractivity contribution in [2.24, 2.45) is 47.0 Å². The van der Waals surface area contributed by atoms with Crippen molar-refractivity contribution in [1.82, 2.24) is 42.5 Å². The van der Waals surface area contributed by atoms with E-state index in [4.69, 9.17) is 11.5 Å². The van der Waals surface area contributed by atoms with E-state index in [9.17, 15) is 38.4 Å². The summed E-state index contributed by atoms with van der Waals surface area (Å²) in [6.45, 7) is 22.3. The van der Waals surface area contributed by atoms with Crippen LogP contribution in [0.15, 0.2) is 84.0 Å². The summed E-state index contributed by atoms with van der Waals surface area (Å²) >= 11 is 0. The Morgan fingerprint density at radius 3 is 0.987 bits per heavy atom. The van der Waals surface area contributed by atoms with Gasteiger partial charge in [-0.05, 0) is 113 Å². The Morgan fingerprint density at radius 2 is 0.692 bits per heavy atom. The van der Waals surface area contributed by atoms with Crippen molar-refractivity contribution < 1.29 is 38.4 Å². The molecule has 1 aliphatic heterocycles. The van der Waals surface area contributed by atoms with Crippen LogP contribution >= 0.6 is 0 Å². The van der Waals surface area contributed by atoms with Gasteiger partial charge in [-0.1, -0.05) is 153 Å². The van der Waals surface area contributed by atoms with Crippen molar-refractivity contribution >= 4 is 47.3 Å². The zero-order chi connectivity index (χ0) is 58.2. The lowest BCUT2D eigenvalue weighted by Gasteiger charge is -2.29. The molecule has 0 radical (unpaired) electrons. The van der Waals surface area contributed by atoms with Crippen molar-refractivity contribution in [2.75, 3.05) is 13.1 Å². The van der Waals surface area contributed by atoms with Gasteiger partial charge in [-0.2, -0.15) is 0 Å². The fourth-order valence-corrected chi connectivity index (χ4v) is 9.36. The smallest absolute Gasteiger partial charge is 0.243 e. The molecule has 0 spiro atoms. The SMILES string of the molecule is C/C1=C\[C@@H](C)C(=O)NC(C(C)C)C(=O)N[C@@H](CCCN)C(=O)NC(CC(C)C)C(=O)NC(Cc2ccccc2)/C(C)=C/[C@@H](C)C(=O)NC(C(C)C)C(=O)N[C@@H](CCCN)C(=O)NC(CC(C)C)C(=O)NC1Cc1ccccc1. The van der Waals surface area contributed by atoms with Crippen LogP contribution in [-0.2, 0) is 51.2 Å². The largest absolute Gasteiger partial charge is 0.348 e. The van der Waals surface area contributed by atoms with E-state index in [0.29, 0.717) is 36.8 Å². The summed E-state index contributed by atoms with van der Waals surface area (Å²) in [5, 5.41) is 23.7. The van der Waals surface area contributed by atoms with E-state index < -0.39 is 119 Å². The molecule has 1 heterocycles. The van der Waals surface area contributed by atoms with Gasteiger partial charge >= 0.3 is 0 Å². The molecule has 8 amide bonds. The van der Waals surface area contributed by atoms with Crippen molar-refractivity contribution in [2.45, 2.75) is 183 Å². The van der Waals surface area contributed by atoms with E-state index in [2.05, 4.69) is 42.5 Å². The van der Waals surface area contributed by atoms with Crippen LogP contribution in [0.4, 0.5) is 0 Å². The summed E-state index contributed by atoms with van der Waals surface area (Å²) in [5.41, 5.74) is 14.9. The van der Waals surface area contributed by atoms with Crippen LogP contribution in [0.2, 0.25) is 0 Å². The average Bonchev–Trinajstić information content (AvgIpc) is 3.38. The average molecular weight is 1080 g/mol. The van der Waals surface area contributed by atoms with Gasteiger partial charge in [-0.3, -0.25) is 38.4 Å². The minimum Gasteiger partial charge on any atom is -0.348 e. The fraction of sp³-hybridized carbons (Fsp3) is 0.600. The maximum Gasteiger partial charge on any atom is 0.243 e. The Morgan fingerprint density at radius 1 is 0.397 bits per heavy atom. The number of benzene rings is 2. The predicted molar refractivity (Wildman–Crippen MR) is 307 cm³/mol. The lowest BCUT2D eigenvalue weighted by Crippen LogP contribution is -2.59. The lowest BCUT2D eigenvalue weighted by atomic mass is 9.94. The molecule has 12 N–H and O–H groups in total. The van der Waals surface area contributed by atoms with Crippen molar-refractivity contribution in [3.63, 3.8) is 0 Å². The van der Waals surface area contributed by atoms with Crippen LogP contribution < -0.4 is 54.0 Å². The number of hydrogen-bond donors (Lipinski definition) is 10. The highest BCUT2D eigenvalue weighted by molar-refractivity contribution is 5.96. The van der Waals surface area contributed by atoms with Crippen molar-refractivity contribution in [3.8, 4) is 0 Å². The third-order valence-electron chi connectivity index (χ3n) is 14.0. The summed E-state index contributed by atoms with van der Waals surface area (Å²) < 4.78 is 0. The van der Waals surface area contributed by atoms with E-state index in [1.54, 1.807) is 67.5 Å². The minimum absolute atomic E-state index is 0.0442. The molecule has 3 rings (SSSR count). The summed E-state index contributed by atoms with van der Waals surface area (Å²) in [4.78, 5) is 114. The van der Waals surface area contributed by atoms with Crippen LogP contribution in [0.25, 0.3) is 0 Å². The Hall–Kier alpha value is -6.40. The third-order valence-corrected chi connectivity index (χ3v) is 14.0. The molecule has 2 aromatic rings. The number of nitrogens with two attached hydrogens (primary N) is 2. The molecule has 78 heavy (non-hydrogen) atoms. The Balaban J connectivity index is 2.22. The van der Waals surface area contributed by atoms with Gasteiger partial charge < -0.3 is 54.0 Å². The van der Waals surface area contributed by atoms with Gasteiger partial charge in [0.25, 0.3) is 0 Å². The molecular formula is C60H94N10O8. The fourth-order valence-electron chi connectivity index (χ4n) is 9.36. The van der Waals surface area contributed by atoms with Gasteiger partial charge in [-0.25, -0.2) is 0 Å². The number of carbonyl (C=O) groups excluding carboxylic acids is 8. The molecule has 18 heteroatoms. The first-order valence-electron chi connectivity index (χ1n) is 28.1. The minimum atomic E-state index is -1.11. The predicted octanol–water partition coefficient (Wildman–Crippen LogP) is 4.41. The van der Waals surface area contributed by atoms with E-state index in [1.807, 2.05) is 88.4 Å². The third kappa shape index (κ3) is 22.2. The number of hydrogen-bond acceptors (Lipinski definition) is 10. The molecule has 0 aromatic heterocycles. The van der Waals surface area contributed by atoms with Crippen LogP contribution in [0.5, 0.6) is 0 Å². The molecule has 1 aliphatic rings. The molecule has 2 aromatic carbocycles. The molecule has 10 atom stereocenters. The maximum atomic E-state index is 14.5. The zero-order valence-electron chi connectivity index (χ0n) is 48.5. The molecular weight excluding hydrogens is 989 g/mol. The van der Waals surface area contributed by atoms with Crippen molar-refractivity contribution in [3.05, 3.63) is 95.1 Å². The first-order valence-corrected chi connectivity index (χ1v) is 28.1. The molecule has 18 nitrogen and oxygen atoms in total. The van der Waals surface area contributed by atoms with Crippen LogP contribution in [0.1, 0.15) is 133 Å². The van der Waals surface area contributed by atoms with Crippen LogP contribution in [0.3, 0.4) is 0 Å². The van der Waals surface area contributed by atoms with Gasteiger partial charge in [-0.15, -0.1) is 0 Å². The van der Waals surface area contributed by atoms with Crippen molar-refractivity contribution in [1.29, 1.82) is 0 Å².